The number of aromatic nitrogens is 4. The van der Waals surface area contributed by atoms with E-state index in [0.717, 1.165) is 105 Å². The van der Waals surface area contributed by atoms with E-state index in [1.165, 1.54) is 10.8 Å². The Labute approximate surface area is 350 Å². The topological polar surface area (TPSA) is 48.8 Å². The van der Waals surface area contributed by atoms with Crippen molar-refractivity contribution in [2.24, 2.45) is 0 Å². The monoisotopic (exact) mass is 778 g/mol. The molecule has 0 spiro atoms. The molecule has 0 atom stereocenters. The number of para-hydroxylation sites is 5. The van der Waals surface area contributed by atoms with Gasteiger partial charge in [0.05, 0.1) is 33.3 Å². The van der Waals surface area contributed by atoms with Crippen LogP contribution in [0.4, 0.5) is 0 Å². The number of furan rings is 1. The number of benzene rings is 9. The molecule has 9 aromatic carbocycles. The van der Waals surface area contributed by atoms with Gasteiger partial charge in [-0.25, -0.2) is 9.97 Å². The lowest BCUT2D eigenvalue weighted by molar-refractivity contribution is 0.671. The summed E-state index contributed by atoms with van der Waals surface area (Å²) < 4.78 is 11.9. The Bertz CT molecular complexity index is 3860. The van der Waals surface area contributed by atoms with E-state index in [1.54, 1.807) is 0 Å². The molecule has 0 saturated carbocycles. The van der Waals surface area contributed by atoms with Gasteiger partial charge < -0.3 is 13.6 Å². The molecular weight excluding hydrogens is 745 g/mol. The Balaban J connectivity index is 1.19. The van der Waals surface area contributed by atoms with Gasteiger partial charge >= 0.3 is 0 Å². The third-order valence-corrected chi connectivity index (χ3v) is 12.3. The molecule has 4 heterocycles. The molecule has 5 nitrogen and oxygen atoms in total. The smallest absolute Gasteiger partial charge is 0.161 e. The lowest BCUT2D eigenvalue weighted by Crippen LogP contribution is -2.00. The largest absolute Gasteiger partial charge is 0.454 e. The first kappa shape index (κ1) is 33.7. The van der Waals surface area contributed by atoms with Gasteiger partial charge in [0.25, 0.3) is 0 Å². The summed E-state index contributed by atoms with van der Waals surface area (Å²) in [6.07, 6.45) is 0. The van der Waals surface area contributed by atoms with Crippen LogP contribution in [0.1, 0.15) is 0 Å². The summed E-state index contributed by atoms with van der Waals surface area (Å²) in [7, 11) is 0. The predicted octanol–water partition coefficient (Wildman–Crippen LogP) is 14.7. The standard InChI is InChI=1S/C56H34N4O/c1-4-18-35(19-5-1)44-34-38(32-33-39(44)56-57-45-28-14-10-24-40(45)52(58-56)36-20-6-2-7-21-36)60-46-29-15-11-25-41(46)49-50-43-27-13-17-31-48(43)61-55(50)54-51(53(49)60)42-26-12-16-30-47(42)59(54)37-22-8-3-9-23-37/h1-34H. The summed E-state index contributed by atoms with van der Waals surface area (Å²) in [5, 5.41) is 7.89. The zero-order chi connectivity index (χ0) is 40.0. The second-order valence-electron chi connectivity index (χ2n) is 15.7. The van der Waals surface area contributed by atoms with Gasteiger partial charge in [-0.2, -0.15) is 0 Å². The molecule has 0 aliphatic rings. The lowest BCUT2D eigenvalue weighted by atomic mass is 9.97. The SMILES string of the molecule is c1ccc(-c2cc(-n3c4ccccc4c4c5c6ccccc6oc5c5c(c6ccccc6n5-c5ccccc5)c43)ccc2-c2nc(-c3ccccc3)c3ccccc3n2)cc1. The fourth-order valence-corrected chi connectivity index (χ4v) is 9.73. The molecule has 0 unspecified atom stereocenters. The molecule has 0 N–H and O–H groups in total. The maximum Gasteiger partial charge on any atom is 0.161 e. The zero-order valence-corrected chi connectivity index (χ0v) is 32.8. The first-order chi connectivity index (χ1) is 30.3. The molecule has 5 heteroatoms. The second-order valence-corrected chi connectivity index (χ2v) is 15.7. The van der Waals surface area contributed by atoms with Crippen LogP contribution in [0.5, 0.6) is 0 Å². The normalized spacial score (nSPS) is 11.9. The number of hydrogen-bond acceptors (Lipinski definition) is 3. The van der Waals surface area contributed by atoms with Crippen LogP contribution in [0.25, 0.3) is 122 Å². The summed E-state index contributed by atoms with van der Waals surface area (Å²) in [4.78, 5) is 10.6. The Hall–Kier alpha value is -8.28. The summed E-state index contributed by atoms with van der Waals surface area (Å²) in [6.45, 7) is 0. The highest BCUT2D eigenvalue weighted by molar-refractivity contribution is 6.39. The van der Waals surface area contributed by atoms with Gasteiger partial charge in [-0.3, -0.25) is 0 Å². The molecular formula is C56H34N4O. The quantitative estimate of drug-likeness (QED) is 0.175. The summed E-state index contributed by atoms with van der Waals surface area (Å²) in [5.74, 6) is 0.685. The first-order valence-corrected chi connectivity index (χ1v) is 20.7. The van der Waals surface area contributed by atoms with Crippen molar-refractivity contribution in [3.63, 3.8) is 0 Å². The highest BCUT2D eigenvalue weighted by Gasteiger charge is 2.28. The number of fused-ring (bicyclic) bond motifs is 13. The van der Waals surface area contributed by atoms with Gasteiger partial charge in [0, 0.05) is 60.2 Å². The van der Waals surface area contributed by atoms with E-state index in [-0.39, 0.29) is 0 Å². The minimum absolute atomic E-state index is 0.685. The van der Waals surface area contributed by atoms with Gasteiger partial charge in [0.2, 0.25) is 0 Å². The van der Waals surface area contributed by atoms with Crippen molar-refractivity contribution < 1.29 is 4.42 Å². The molecule has 284 valence electrons. The fourth-order valence-electron chi connectivity index (χ4n) is 9.73. The van der Waals surface area contributed by atoms with Gasteiger partial charge in [-0.05, 0) is 65.7 Å². The van der Waals surface area contributed by atoms with Crippen molar-refractivity contribution in [2.45, 2.75) is 0 Å². The molecule has 0 radical (unpaired) electrons. The molecule has 0 fully saturated rings. The van der Waals surface area contributed by atoms with E-state index in [0.29, 0.717) is 5.82 Å². The molecule has 4 aromatic heterocycles. The maximum absolute atomic E-state index is 7.00. The van der Waals surface area contributed by atoms with Crippen LogP contribution in [0.3, 0.4) is 0 Å². The molecule has 0 aliphatic carbocycles. The summed E-state index contributed by atoms with van der Waals surface area (Å²) in [5.41, 5.74) is 14.3. The zero-order valence-electron chi connectivity index (χ0n) is 32.8. The fraction of sp³-hybridized carbons (Fsp3) is 0. The van der Waals surface area contributed by atoms with E-state index < -0.39 is 0 Å². The van der Waals surface area contributed by atoms with Gasteiger partial charge in [0.1, 0.15) is 5.58 Å². The van der Waals surface area contributed by atoms with Crippen LogP contribution in [0.15, 0.2) is 211 Å². The van der Waals surface area contributed by atoms with Crippen molar-refractivity contribution in [1.82, 2.24) is 19.1 Å². The average Bonchev–Trinajstić information content (AvgIpc) is 4.00. The molecule has 0 aliphatic heterocycles. The lowest BCUT2D eigenvalue weighted by Gasteiger charge is -2.16. The third kappa shape index (κ3) is 4.95. The number of rotatable bonds is 5. The highest BCUT2D eigenvalue weighted by atomic mass is 16.3. The minimum atomic E-state index is 0.685. The number of hydrogen-bond donors (Lipinski definition) is 0. The van der Waals surface area contributed by atoms with E-state index in [2.05, 4.69) is 203 Å². The van der Waals surface area contributed by atoms with E-state index in [1.807, 2.05) is 12.1 Å². The van der Waals surface area contributed by atoms with Crippen molar-refractivity contribution in [3.8, 4) is 45.1 Å². The Kier molecular flexibility index (Phi) is 7.24. The van der Waals surface area contributed by atoms with E-state index in [9.17, 15) is 0 Å². The molecule has 0 amide bonds. The van der Waals surface area contributed by atoms with Crippen LogP contribution in [-0.2, 0) is 0 Å². The predicted molar refractivity (Wildman–Crippen MR) is 252 cm³/mol. The van der Waals surface area contributed by atoms with Gasteiger partial charge in [0.15, 0.2) is 11.4 Å². The van der Waals surface area contributed by atoms with Crippen LogP contribution < -0.4 is 0 Å². The summed E-state index contributed by atoms with van der Waals surface area (Å²) in [6, 6.07) is 72.8. The second kappa shape index (κ2) is 13.1. The molecule has 0 bridgehead atoms. The molecule has 61 heavy (non-hydrogen) atoms. The maximum atomic E-state index is 7.00. The van der Waals surface area contributed by atoms with E-state index >= 15 is 0 Å². The summed E-state index contributed by atoms with van der Waals surface area (Å²) >= 11 is 0. The van der Waals surface area contributed by atoms with E-state index in [4.69, 9.17) is 14.4 Å². The minimum Gasteiger partial charge on any atom is -0.454 e. The van der Waals surface area contributed by atoms with Crippen LogP contribution in [0.2, 0.25) is 0 Å². The molecule has 13 aromatic rings. The Morgan fingerprint density at radius 1 is 0.377 bits per heavy atom. The van der Waals surface area contributed by atoms with Crippen molar-refractivity contribution in [1.29, 1.82) is 0 Å². The Morgan fingerprint density at radius 3 is 1.69 bits per heavy atom. The van der Waals surface area contributed by atoms with Crippen molar-refractivity contribution in [2.75, 3.05) is 0 Å². The highest BCUT2D eigenvalue weighted by Crippen LogP contribution is 2.50. The van der Waals surface area contributed by atoms with Crippen molar-refractivity contribution in [3.05, 3.63) is 206 Å². The Morgan fingerprint density at radius 2 is 0.951 bits per heavy atom. The molecule has 0 saturated heterocycles. The van der Waals surface area contributed by atoms with Gasteiger partial charge in [-0.15, -0.1) is 0 Å². The van der Waals surface area contributed by atoms with Crippen molar-refractivity contribution >= 4 is 76.5 Å². The van der Waals surface area contributed by atoms with Crippen LogP contribution >= 0.6 is 0 Å². The van der Waals surface area contributed by atoms with Crippen LogP contribution in [-0.4, -0.2) is 19.1 Å². The van der Waals surface area contributed by atoms with Gasteiger partial charge in [-0.1, -0.05) is 152 Å². The molecule has 13 rings (SSSR count). The first-order valence-electron chi connectivity index (χ1n) is 20.7. The third-order valence-electron chi connectivity index (χ3n) is 12.3. The number of nitrogens with zero attached hydrogens (tertiary/aromatic N) is 4. The average molecular weight is 779 g/mol. The van der Waals surface area contributed by atoms with Crippen LogP contribution in [0, 0.1) is 0 Å².